The minimum Gasteiger partial charge on any atom is -0.461 e. The van der Waals surface area contributed by atoms with E-state index in [0.717, 1.165) is 11.1 Å². The first-order valence-electron chi connectivity index (χ1n) is 8.84. The average Bonchev–Trinajstić information content (AvgIpc) is 2.69. The lowest BCUT2D eigenvalue weighted by atomic mass is 10.1. The van der Waals surface area contributed by atoms with Gasteiger partial charge in [0.25, 0.3) is 0 Å². The first-order valence-corrected chi connectivity index (χ1v) is 10.3. The van der Waals surface area contributed by atoms with E-state index in [2.05, 4.69) is 0 Å². The topological polar surface area (TPSA) is 72.9 Å². The number of aryl methyl sites for hydroxylation is 1. The number of sulfonamides is 1. The molecule has 1 aliphatic rings. The number of benzene rings is 2. The Hall–Kier alpha value is -2.22. The van der Waals surface area contributed by atoms with Crippen LogP contribution in [-0.4, -0.2) is 45.0 Å². The van der Waals surface area contributed by atoms with Crippen LogP contribution in [0.4, 0.5) is 0 Å². The van der Waals surface area contributed by atoms with E-state index >= 15 is 0 Å². The molecule has 6 nitrogen and oxygen atoms in total. The minimum absolute atomic E-state index is 0.0389. The van der Waals surface area contributed by atoms with E-state index in [0.29, 0.717) is 31.9 Å². The van der Waals surface area contributed by atoms with E-state index in [4.69, 9.17) is 9.47 Å². The predicted octanol–water partition coefficient (Wildman–Crippen LogP) is 2.30. The predicted molar refractivity (Wildman–Crippen MR) is 101 cm³/mol. The highest BCUT2D eigenvalue weighted by molar-refractivity contribution is 7.89. The van der Waals surface area contributed by atoms with Gasteiger partial charge in [-0.05, 0) is 35.7 Å². The molecule has 0 bridgehead atoms. The molecule has 0 saturated carbocycles. The van der Waals surface area contributed by atoms with E-state index in [1.165, 1.54) is 4.31 Å². The van der Waals surface area contributed by atoms with Gasteiger partial charge in [-0.1, -0.05) is 36.4 Å². The van der Waals surface area contributed by atoms with Gasteiger partial charge < -0.3 is 9.47 Å². The third-order valence-corrected chi connectivity index (χ3v) is 6.40. The van der Waals surface area contributed by atoms with Crippen LogP contribution < -0.4 is 0 Å². The third-order valence-electron chi connectivity index (χ3n) is 4.50. The lowest BCUT2D eigenvalue weighted by Crippen LogP contribution is -2.40. The molecule has 2 aromatic rings. The Morgan fingerprint density at radius 2 is 1.85 bits per heavy atom. The molecule has 2 aromatic carbocycles. The summed E-state index contributed by atoms with van der Waals surface area (Å²) in [4.78, 5) is 12.3. The van der Waals surface area contributed by atoms with Crippen LogP contribution in [0.5, 0.6) is 0 Å². The molecule has 0 unspecified atom stereocenters. The lowest BCUT2D eigenvalue weighted by molar-refractivity contribution is -0.144. The summed E-state index contributed by atoms with van der Waals surface area (Å²) in [6.45, 7) is 3.47. The van der Waals surface area contributed by atoms with Gasteiger partial charge in [0.15, 0.2) is 0 Å². The second kappa shape index (κ2) is 8.65. The highest BCUT2D eigenvalue weighted by atomic mass is 32.2. The van der Waals surface area contributed by atoms with Gasteiger partial charge in [0, 0.05) is 13.1 Å². The molecule has 0 radical (unpaired) electrons. The molecule has 7 heteroatoms. The van der Waals surface area contributed by atoms with Crippen LogP contribution in [0.2, 0.25) is 0 Å². The zero-order valence-corrected chi connectivity index (χ0v) is 16.1. The maximum absolute atomic E-state index is 12.7. The zero-order valence-electron chi connectivity index (χ0n) is 15.3. The molecular formula is C20H23NO5S. The van der Waals surface area contributed by atoms with Gasteiger partial charge in [-0.25, -0.2) is 8.42 Å². The van der Waals surface area contributed by atoms with Crippen molar-refractivity contribution in [1.29, 1.82) is 0 Å². The molecule has 0 spiro atoms. The van der Waals surface area contributed by atoms with Crippen LogP contribution in [0.3, 0.4) is 0 Å². The monoisotopic (exact) mass is 389 g/mol. The second-order valence-corrected chi connectivity index (χ2v) is 8.37. The Balaban J connectivity index is 1.64. The number of morpholine rings is 1. The molecule has 1 fully saturated rings. The average molecular weight is 389 g/mol. The van der Waals surface area contributed by atoms with Gasteiger partial charge in [-0.2, -0.15) is 4.31 Å². The highest BCUT2D eigenvalue weighted by Crippen LogP contribution is 2.19. The molecule has 3 rings (SSSR count). The summed E-state index contributed by atoms with van der Waals surface area (Å²) < 4.78 is 37.4. The fourth-order valence-corrected chi connectivity index (χ4v) is 4.39. The Kier molecular flexibility index (Phi) is 6.26. The number of carbonyl (C=O) groups is 1. The summed E-state index contributed by atoms with van der Waals surface area (Å²) in [5.41, 5.74) is 2.60. The van der Waals surface area contributed by atoms with Crippen LogP contribution in [0.15, 0.2) is 53.4 Å². The number of esters is 1. The maximum atomic E-state index is 12.7. The smallest absolute Gasteiger partial charge is 0.310 e. The van der Waals surface area contributed by atoms with Crippen LogP contribution in [-0.2, 0) is 37.3 Å². The summed E-state index contributed by atoms with van der Waals surface area (Å²) in [5.74, 6) is -0.342. The van der Waals surface area contributed by atoms with Crippen LogP contribution in [0, 0.1) is 6.92 Å². The quantitative estimate of drug-likeness (QED) is 0.709. The zero-order chi connectivity index (χ0) is 19.3. The molecule has 0 N–H and O–H groups in total. The molecule has 0 atom stereocenters. The molecule has 1 saturated heterocycles. The van der Waals surface area contributed by atoms with Crippen LogP contribution >= 0.6 is 0 Å². The number of hydrogen-bond donors (Lipinski definition) is 0. The molecular weight excluding hydrogens is 366 g/mol. The Morgan fingerprint density at radius 3 is 2.59 bits per heavy atom. The molecule has 27 heavy (non-hydrogen) atoms. The summed E-state index contributed by atoms with van der Waals surface area (Å²) >= 11 is 0. The number of ether oxygens (including phenoxy) is 2. The number of carbonyl (C=O) groups excluding carboxylic acids is 1. The number of nitrogens with zero attached hydrogens (tertiary/aromatic N) is 1. The van der Waals surface area contributed by atoms with Crippen molar-refractivity contribution in [2.45, 2.75) is 24.8 Å². The molecule has 1 heterocycles. The van der Waals surface area contributed by atoms with Crippen molar-refractivity contribution in [1.82, 2.24) is 4.31 Å². The summed E-state index contributed by atoms with van der Waals surface area (Å²) in [6, 6.07) is 14.2. The number of rotatable bonds is 6. The van der Waals surface area contributed by atoms with Crippen molar-refractivity contribution in [2.75, 3.05) is 26.3 Å². The minimum atomic E-state index is -3.56. The van der Waals surface area contributed by atoms with Crippen molar-refractivity contribution < 1.29 is 22.7 Å². The van der Waals surface area contributed by atoms with E-state index in [1.807, 2.05) is 31.2 Å². The first kappa shape index (κ1) is 19.5. The van der Waals surface area contributed by atoms with Crippen molar-refractivity contribution in [3.8, 4) is 0 Å². The SMILES string of the molecule is Cc1ccccc1CC(=O)OCc1cccc(S(=O)(=O)N2CCOCC2)c1. The third kappa shape index (κ3) is 4.94. The summed E-state index contributed by atoms with van der Waals surface area (Å²) in [5, 5.41) is 0. The largest absolute Gasteiger partial charge is 0.461 e. The lowest BCUT2D eigenvalue weighted by Gasteiger charge is -2.26. The van der Waals surface area contributed by atoms with Gasteiger partial charge in [-0.15, -0.1) is 0 Å². The van der Waals surface area contributed by atoms with Gasteiger partial charge in [-0.3, -0.25) is 4.79 Å². The molecule has 144 valence electrons. The highest BCUT2D eigenvalue weighted by Gasteiger charge is 2.26. The van der Waals surface area contributed by atoms with E-state index in [9.17, 15) is 13.2 Å². The number of hydrogen-bond acceptors (Lipinski definition) is 5. The van der Waals surface area contributed by atoms with Gasteiger partial charge in [0.1, 0.15) is 6.61 Å². The summed E-state index contributed by atoms with van der Waals surface area (Å²) in [6.07, 6.45) is 0.193. The van der Waals surface area contributed by atoms with Crippen molar-refractivity contribution >= 4 is 16.0 Å². The van der Waals surface area contributed by atoms with E-state index in [-0.39, 0.29) is 23.9 Å². The van der Waals surface area contributed by atoms with Gasteiger partial charge >= 0.3 is 5.97 Å². The standard InChI is InChI=1S/C20H23NO5S/c1-16-5-2-3-7-18(16)14-20(22)26-15-17-6-4-8-19(13-17)27(23,24)21-9-11-25-12-10-21/h2-8,13H,9-12,14-15H2,1H3. The molecule has 0 aromatic heterocycles. The fraction of sp³-hybridized carbons (Fsp3) is 0.350. The normalized spacial score (nSPS) is 15.4. The molecule has 0 amide bonds. The summed E-state index contributed by atoms with van der Waals surface area (Å²) in [7, 11) is -3.56. The van der Waals surface area contributed by atoms with Crippen molar-refractivity contribution in [2.24, 2.45) is 0 Å². The second-order valence-electron chi connectivity index (χ2n) is 6.43. The first-order chi connectivity index (χ1) is 13.0. The van der Waals surface area contributed by atoms with Crippen molar-refractivity contribution in [3.05, 3.63) is 65.2 Å². The van der Waals surface area contributed by atoms with Gasteiger partial charge in [0.2, 0.25) is 10.0 Å². The fourth-order valence-electron chi connectivity index (χ4n) is 2.91. The van der Waals surface area contributed by atoms with E-state index < -0.39 is 10.0 Å². The van der Waals surface area contributed by atoms with E-state index in [1.54, 1.807) is 24.3 Å². The Labute approximate surface area is 159 Å². The molecule has 1 aliphatic heterocycles. The molecule has 0 aliphatic carbocycles. The van der Waals surface area contributed by atoms with Gasteiger partial charge in [0.05, 0.1) is 24.5 Å². The maximum Gasteiger partial charge on any atom is 0.310 e. The van der Waals surface area contributed by atoms with Crippen molar-refractivity contribution in [3.63, 3.8) is 0 Å². The van der Waals surface area contributed by atoms with Crippen LogP contribution in [0.1, 0.15) is 16.7 Å². The Morgan fingerprint density at radius 1 is 1.11 bits per heavy atom. The van der Waals surface area contributed by atoms with Crippen LogP contribution in [0.25, 0.3) is 0 Å². The Bertz CT molecular complexity index is 904.